The Kier molecular flexibility index (Phi) is 16.4. The predicted molar refractivity (Wildman–Crippen MR) is 113 cm³/mol. The minimum atomic E-state index is -2.44. The average Bonchev–Trinajstić information content (AvgIpc) is 2.58. The molecule has 0 aliphatic heterocycles. The van der Waals surface area contributed by atoms with Gasteiger partial charge in [-0.2, -0.15) is 0 Å². The Morgan fingerprint density at radius 1 is 0.462 bits per heavy atom. The van der Waals surface area contributed by atoms with Crippen LogP contribution < -0.4 is 0 Å². The number of unbranched alkanes of at least 4 members (excludes halogenated alkanes) is 5. The third-order valence-electron chi connectivity index (χ3n) is 4.36. The molecule has 0 aliphatic rings. The van der Waals surface area contributed by atoms with Crippen molar-refractivity contribution < 1.29 is 22.1 Å². The molecular formula is C19H44O5Si2. The first-order valence-corrected chi connectivity index (χ1v) is 15.2. The van der Waals surface area contributed by atoms with Crippen LogP contribution in [0, 0.1) is 0 Å². The molecule has 0 unspecified atom stereocenters. The largest absolute Gasteiger partial charge is 0.500 e. The van der Waals surface area contributed by atoms with Gasteiger partial charge in [0.1, 0.15) is 0 Å². The van der Waals surface area contributed by atoms with Crippen molar-refractivity contribution in [3.63, 3.8) is 0 Å². The normalized spacial score (nSPS) is 12.7. The first kappa shape index (κ1) is 26.2. The van der Waals surface area contributed by atoms with Crippen molar-refractivity contribution in [3.05, 3.63) is 0 Å². The highest BCUT2D eigenvalue weighted by atomic mass is 28.4. The lowest BCUT2D eigenvalue weighted by atomic mass is 10.1. The van der Waals surface area contributed by atoms with E-state index in [1.165, 1.54) is 32.1 Å². The summed E-state index contributed by atoms with van der Waals surface area (Å²) in [4.78, 5) is 0. The van der Waals surface area contributed by atoms with Crippen LogP contribution in [0.25, 0.3) is 0 Å². The number of hydrogen-bond donors (Lipinski definition) is 0. The van der Waals surface area contributed by atoms with Crippen molar-refractivity contribution in [3.8, 4) is 0 Å². The van der Waals surface area contributed by atoms with Gasteiger partial charge in [0.25, 0.3) is 0 Å². The number of rotatable bonds is 19. The van der Waals surface area contributed by atoms with Gasteiger partial charge in [0.05, 0.1) is 0 Å². The maximum Gasteiger partial charge on any atom is 0.500 e. The van der Waals surface area contributed by atoms with Crippen LogP contribution >= 0.6 is 0 Å². The molecule has 0 N–H and O–H groups in total. The maximum atomic E-state index is 5.91. The fourth-order valence-corrected chi connectivity index (χ4v) is 8.46. The highest BCUT2D eigenvalue weighted by Gasteiger charge is 2.39. The average molecular weight is 409 g/mol. The van der Waals surface area contributed by atoms with Crippen LogP contribution in [0.5, 0.6) is 0 Å². The van der Waals surface area contributed by atoms with Crippen LogP contribution in [0.3, 0.4) is 0 Å². The highest BCUT2D eigenvalue weighted by molar-refractivity contribution is 6.66. The molecule has 0 amide bonds. The summed E-state index contributed by atoms with van der Waals surface area (Å²) in [5.41, 5.74) is 0. The van der Waals surface area contributed by atoms with Crippen molar-refractivity contribution >= 4 is 17.4 Å². The van der Waals surface area contributed by atoms with E-state index in [2.05, 4.69) is 20.4 Å². The summed E-state index contributed by atoms with van der Waals surface area (Å²) in [6, 6.07) is 2.03. The minimum Gasteiger partial charge on any atom is -0.395 e. The van der Waals surface area contributed by atoms with Crippen LogP contribution in [0.4, 0.5) is 0 Å². The van der Waals surface area contributed by atoms with Gasteiger partial charge in [-0.25, -0.2) is 0 Å². The van der Waals surface area contributed by atoms with E-state index in [-0.39, 0.29) is 0 Å². The minimum absolute atomic E-state index is 0.661. The first-order chi connectivity index (χ1) is 12.5. The molecule has 0 bridgehead atoms. The van der Waals surface area contributed by atoms with Crippen LogP contribution in [-0.2, 0) is 22.1 Å². The monoisotopic (exact) mass is 408 g/mol. The molecule has 0 radical (unpaired) electrons. The van der Waals surface area contributed by atoms with E-state index in [0.717, 1.165) is 31.7 Å². The zero-order valence-electron chi connectivity index (χ0n) is 18.2. The Morgan fingerprint density at radius 2 is 0.808 bits per heavy atom. The van der Waals surface area contributed by atoms with Crippen molar-refractivity contribution in [2.45, 2.75) is 91.8 Å². The Morgan fingerprint density at radius 3 is 1.19 bits per heavy atom. The molecule has 0 rings (SSSR count). The first-order valence-electron chi connectivity index (χ1n) is 10.7. The fraction of sp³-hybridized carbons (Fsp3) is 1.00. The summed E-state index contributed by atoms with van der Waals surface area (Å²) in [5, 5.41) is 0. The SMILES string of the molecule is CCO[Si](C)(CCCCCCCC[Si](OCC)(OCC)OCC)OCC. The van der Waals surface area contributed by atoms with Crippen molar-refractivity contribution in [2.24, 2.45) is 0 Å². The maximum absolute atomic E-state index is 5.91. The summed E-state index contributed by atoms with van der Waals surface area (Å²) in [6.45, 7) is 15.9. The molecule has 0 aromatic carbocycles. The molecule has 0 heterocycles. The van der Waals surface area contributed by atoms with E-state index in [4.69, 9.17) is 22.1 Å². The van der Waals surface area contributed by atoms with E-state index in [1.54, 1.807) is 0 Å². The lowest BCUT2D eigenvalue weighted by molar-refractivity contribution is 0.0706. The van der Waals surface area contributed by atoms with Gasteiger partial charge in [-0.05, 0) is 53.6 Å². The van der Waals surface area contributed by atoms with Crippen LogP contribution in [0.1, 0.15) is 73.1 Å². The summed E-state index contributed by atoms with van der Waals surface area (Å²) >= 11 is 0. The third kappa shape index (κ3) is 11.8. The smallest absolute Gasteiger partial charge is 0.395 e. The lowest BCUT2D eigenvalue weighted by Crippen LogP contribution is -2.45. The van der Waals surface area contributed by atoms with E-state index < -0.39 is 17.4 Å². The Labute approximate surface area is 164 Å². The molecule has 0 spiro atoms. The van der Waals surface area contributed by atoms with Crippen molar-refractivity contribution in [1.29, 1.82) is 0 Å². The molecule has 158 valence electrons. The second kappa shape index (κ2) is 16.2. The van der Waals surface area contributed by atoms with Gasteiger partial charge < -0.3 is 22.1 Å². The Bertz CT molecular complexity index is 295. The molecule has 0 aliphatic carbocycles. The van der Waals surface area contributed by atoms with E-state index in [9.17, 15) is 0 Å². The molecule has 0 fully saturated rings. The molecule has 0 saturated heterocycles. The Balaban J connectivity index is 3.96. The topological polar surface area (TPSA) is 46.2 Å². The van der Waals surface area contributed by atoms with Crippen molar-refractivity contribution in [2.75, 3.05) is 33.0 Å². The number of hydrogen-bond acceptors (Lipinski definition) is 5. The summed E-state index contributed by atoms with van der Waals surface area (Å²) in [7, 11) is -4.36. The van der Waals surface area contributed by atoms with Crippen LogP contribution in [0.2, 0.25) is 18.6 Å². The molecule has 0 saturated carbocycles. The zero-order valence-corrected chi connectivity index (χ0v) is 20.2. The highest BCUT2D eigenvalue weighted by Crippen LogP contribution is 2.22. The van der Waals surface area contributed by atoms with Gasteiger partial charge in [0, 0.05) is 39.1 Å². The Hall–Kier alpha value is 0.234. The van der Waals surface area contributed by atoms with Crippen LogP contribution in [0.15, 0.2) is 0 Å². The molecule has 0 aromatic rings. The van der Waals surface area contributed by atoms with Gasteiger partial charge in [-0.3, -0.25) is 0 Å². The lowest BCUT2D eigenvalue weighted by Gasteiger charge is -2.28. The fourth-order valence-electron chi connectivity index (χ4n) is 3.29. The second-order valence-electron chi connectivity index (χ2n) is 6.60. The zero-order chi connectivity index (χ0) is 19.7. The van der Waals surface area contributed by atoms with Gasteiger partial charge in [0.15, 0.2) is 0 Å². The molecular weight excluding hydrogens is 364 g/mol. The van der Waals surface area contributed by atoms with Gasteiger partial charge in [-0.1, -0.05) is 32.1 Å². The van der Waals surface area contributed by atoms with Gasteiger partial charge in [0.2, 0.25) is 0 Å². The molecule has 5 nitrogen and oxygen atoms in total. The van der Waals surface area contributed by atoms with Gasteiger partial charge in [-0.15, -0.1) is 0 Å². The molecule has 0 atom stereocenters. The standard InChI is InChI=1S/C19H44O5Si2/c1-7-20-25(6,21-8-2)18-16-14-12-13-15-17-19-26(22-9-3,23-10-4)24-11-5/h7-19H2,1-6H3. The summed E-state index contributed by atoms with van der Waals surface area (Å²) < 4.78 is 29.5. The summed E-state index contributed by atoms with van der Waals surface area (Å²) in [6.07, 6.45) is 7.34. The van der Waals surface area contributed by atoms with Crippen LogP contribution in [-0.4, -0.2) is 50.4 Å². The molecule has 26 heavy (non-hydrogen) atoms. The van der Waals surface area contributed by atoms with Crippen molar-refractivity contribution in [1.82, 2.24) is 0 Å². The third-order valence-corrected chi connectivity index (χ3v) is 10.6. The summed E-state index contributed by atoms with van der Waals surface area (Å²) in [5.74, 6) is 0. The molecule has 0 aromatic heterocycles. The van der Waals surface area contributed by atoms with E-state index in [0.29, 0.717) is 19.8 Å². The van der Waals surface area contributed by atoms with Gasteiger partial charge >= 0.3 is 17.4 Å². The van der Waals surface area contributed by atoms with E-state index in [1.807, 2.05) is 20.8 Å². The quantitative estimate of drug-likeness (QED) is 0.208. The second-order valence-corrected chi connectivity index (χ2v) is 12.7. The molecule has 7 heteroatoms. The van der Waals surface area contributed by atoms with E-state index >= 15 is 0 Å². The predicted octanol–water partition coefficient (Wildman–Crippen LogP) is 5.52.